The van der Waals surface area contributed by atoms with Gasteiger partial charge in [-0.15, -0.1) is 11.6 Å². The minimum Gasteiger partial charge on any atom is -0.127 e. The summed E-state index contributed by atoms with van der Waals surface area (Å²) < 4.78 is 0. The Morgan fingerprint density at radius 3 is 2.00 bits per heavy atom. The summed E-state index contributed by atoms with van der Waals surface area (Å²) in [7, 11) is 0. The Morgan fingerprint density at radius 2 is 2.00 bits per heavy atom. The Kier molecular flexibility index (Phi) is 15.9. The van der Waals surface area contributed by atoms with Gasteiger partial charge in [0.25, 0.3) is 0 Å². The van der Waals surface area contributed by atoms with Crippen LogP contribution in [0.4, 0.5) is 0 Å². The second-order valence-electron chi connectivity index (χ2n) is 1.04. The third-order valence-corrected chi connectivity index (χ3v) is 0.754. The molecule has 0 bridgehead atoms. The minimum absolute atomic E-state index is 0. The maximum Gasteiger partial charge on any atom is 0.0223 e. The SMILES string of the molecule is CCCCCl.[Mg]. The largest absolute Gasteiger partial charge is 0.127 e. The second-order valence-corrected chi connectivity index (χ2v) is 1.42. The van der Waals surface area contributed by atoms with Crippen LogP contribution in [0.5, 0.6) is 0 Å². The van der Waals surface area contributed by atoms with Gasteiger partial charge in [-0.05, 0) is 6.42 Å². The lowest BCUT2D eigenvalue weighted by atomic mass is 10.4. The molecule has 2 heteroatoms. The molecule has 0 aromatic rings. The maximum atomic E-state index is 5.30. The van der Waals surface area contributed by atoms with E-state index >= 15 is 0 Å². The van der Waals surface area contributed by atoms with Crippen molar-refractivity contribution in [2.75, 3.05) is 5.88 Å². The molecule has 0 aromatic carbocycles. The van der Waals surface area contributed by atoms with E-state index in [2.05, 4.69) is 6.92 Å². The first-order chi connectivity index (χ1) is 2.41. The highest BCUT2D eigenvalue weighted by atomic mass is 35.5. The van der Waals surface area contributed by atoms with Crippen LogP contribution >= 0.6 is 11.6 Å². The van der Waals surface area contributed by atoms with Crippen molar-refractivity contribution in [3.63, 3.8) is 0 Å². The van der Waals surface area contributed by atoms with E-state index < -0.39 is 0 Å². The summed E-state index contributed by atoms with van der Waals surface area (Å²) in [5, 5.41) is 0. The standard InChI is InChI=1S/C4H9Cl.Mg/c1-2-3-4-5;/h2-4H2,1H3;. The number of rotatable bonds is 2. The summed E-state index contributed by atoms with van der Waals surface area (Å²) >= 11 is 5.30. The van der Waals surface area contributed by atoms with E-state index in [-0.39, 0.29) is 23.1 Å². The van der Waals surface area contributed by atoms with Gasteiger partial charge in [0, 0.05) is 28.9 Å². The molecule has 0 aliphatic heterocycles. The zero-order chi connectivity index (χ0) is 4.12. The normalized spacial score (nSPS) is 7.00. The molecule has 0 saturated heterocycles. The van der Waals surface area contributed by atoms with Gasteiger partial charge in [-0.3, -0.25) is 0 Å². The topological polar surface area (TPSA) is 0 Å². The van der Waals surface area contributed by atoms with Crippen LogP contribution in [-0.4, -0.2) is 28.9 Å². The molecule has 0 aliphatic rings. The molecule has 0 aromatic heterocycles. The predicted octanol–water partition coefficient (Wildman–Crippen LogP) is 1.64. The van der Waals surface area contributed by atoms with Gasteiger partial charge < -0.3 is 0 Å². The van der Waals surface area contributed by atoms with Gasteiger partial charge in [0.1, 0.15) is 0 Å². The van der Waals surface area contributed by atoms with Crippen molar-refractivity contribution < 1.29 is 0 Å². The van der Waals surface area contributed by atoms with Crippen molar-refractivity contribution in [1.29, 1.82) is 0 Å². The van der Waals surface area contributed by atoms with Crippen molar-refractivity contribution in [2.45, 2.75) is 19.8 Å². The summed E-state index contributed by atoms with van der Waals surface area (Å²) in [6.45, 7) is 2.13. The van der Waals surface area contributed by atoms with E-state index in [0.717, 1.165) is 12.3 Å². The molecule has 0 saturated carbocycles. The quantitative estimate of drug-likeness (QED) is 0.381. The molecule has 0 fully saturated rings. The molecule has 0 spiro atoms. The number of alkyl halides is 1. The van der Waals surface area contributed by atoms with Crippen LogP contribution in [0.25, 0.3) is 0 Å². The third-order valence-electron chi connectivity index (χ3n) is 0.487. The van der Waals surface area contributed by atoms with E-state index in [4.69, 9.17) is 11.6 Å². The van der Waals surface area contributed by atoms with Crippen molar-refractivity contribution >= 4 is 34.7 Å². The summed E-state index contributed by atoms with van der Waals surface area (Å²) in [5.41, 5.74) is 0. The fraction of sp³-hybridized carbons (Fsp3) is 1.00. The molecule has 0 unspecified atom stereocenters. The summed E-state index contributed by atoms with van der Waals surface area (Å²) in [4.78, 5) is 0. The summed E-state index contributed by atoms with van der Waals surface area (Å²) in [5.74, 6) is 0.816. The highest BCUT2D eigenvalue weighted by molar-refractivity contribution is 6.17. The smallest absolute Gasteiger partial charge is 0.0223 e. The van der Waals surface area contributed by atoms with Crippen LogP contribution in [0.2, 0.25) is 0 Å². The molecule has 0 heterocycles. The van der Waals surface area contributed by atoms with Crippen LogP contribution < -0.4 is 0 Å². The van der Waals surface area contributed by atoms with Gasteiger partial charge in [-0.2, -0.15) is 0 Å². The number of hydrogen-bond donors (Lipinski definition) is 0. The Hall–Kier alpha value is 1.06. The third kappa shape index (κ3) is 8.91. The second kappa shape index (κ2) is 9.41. The van der Waals surface area contributed by atoms with Gasteiger partial charge >= 0.3 is 0 Å². The van der Waals surface area contributed by atoms with Crippen LogP contribution in [-0.2, 0) is 0 Å². The molecular weight excluding hydrogens is 108 g/mol. The Morgan fingerprint density at radius 1 is 1.50 bits per heavy atom. The molecule has 6 heavy (non-hydrogen) atoms. The molecule has 2 radical (unpaired) electrons. The van der Waals surface area contributed by atoms with Gasteiger partial charge in [-0.25, -0.2) is 0 Å². The highest BCUT2D eigenvalue weighted by Gasteiger charge is 1.70. The molecule has 0 atom stereocenters. The molecule has 0 aliphatic carbocycles. The molecule has 0 rings (SSSR count). The summed E-state index contributed by atoms with van der Waals surface area (Å²) in [6.07, 6.45) is 2.37. The van der Waals surface area contributed by atoms with Crippen molar-refractivity contribution in [2.24, 2.45) is 0 Å². The Bertz CT molecular complexity index is 15.0. The molecule has 0 amide bonds. The van der Waals surface area contributed by atoms with Crippen LogP contribution in [0.3, 0.4) is 0 Å². The first-order valence-corrected chi connectivity index (χ1v) is 2.51. The fourth-order valence-corrected chi connectivity index (χ4v) is 0.401. The van der Waals surface area contributed by atoms with Crippen molar-refractivity contribution in [1.82, 2.24) is 0 Å². The molecule has 0 nitrogen and oxygen atoms in total. The van der Waals surface area contributed by atoms with E-state index in [0.29, 0.717) is 0 Å². The van der Waals surface area contributed by atoms with E-state index in [1.54, 1.807) is 0 Å². The van der Waals surface area contributed by atoms with Gasteiger partial charge in [0.05, 0.1) is 0 Å². The van der Waals surface area contributed by atoms with Gasteiger partial charge in [0.15, 0.2) is 0 Å². The molecular formula is C4H9ClMg. The van der Waals surface area contributed by atoms with Crippen LogP contribution in [0.15, 0.2) is 0 Å². The summed E-state index contributed by atoms with van der Waals surface area (Å²) in [6, 6.07) is 0. The van der Waals surface area contributed by atoms with Crippen LogP contribution in [0, 0.1) is 0 Å². The number of hydrogen-bond acceptors (Lipinski definition) is 0. The highest BCUT2D eigenvalue weighted by Crippen LogP contribution is 1.86. The van der Waals surface area contributed by atoms with E-state index in [1.807, 2.05) is 0 Å². The lowest BCUT2D eigenvalue weighted by molar-refractivity contribution is 0.892. The first kappa shape index (κ1) is 10.1. The van der Waals surface area contributed by atoms with Crippen molar-refractivity contribution in [3.05, 3.63) is 0 Å². The maximum absolute atomic E-state index is 5.30. The van der Waals surface area contributed by atoms with Crippen molar-refractivity contribution in [3.8, 4) is 0 Å². The van der Waals surface area contributed by atoms with Gasteiger partial charge in [-0.1, -0.05) is 13.3 Å². The van der Waals surface area contributed by atoms with E-state index in [1.165, 1.54) is 6.42 Å². The average molecular weight is 117 g/mol. The molecule has 0 N–H and O–H groups in total. The predicted molar refractivity (Wildman–Crippen MR) is 31.4 cm³/mol. The average Bonchev–Trinajstić information content (AvgIpc) is 1.41. The van der Waals surface area contributed by atoms with Gasteiger partial charge in [0.2, 0.25) is 0 Å². The number of unbranched alkanes of at least 4 members (excludes halogenated alkanes) is 1. The Balaban J connectivity index is 0. The molecule has 34 valence electrons. The Labute approximate surface area is 60.4 Å². The van der Waals surface area contributed by atoms with E-state index in [9.17, 15) is 0 Å². The first-order valence-electron chi connectivity index (χ1n) is 1.97. The lowest BCUT2D eigenvalue weighted by Crippen LogP contribution is -1.65. The minimum atomic E-state index is 0. The zero-order valence-electron chi connectivity index (χ0n) is 4.21. The fourth-order valence-electron chi connectivity index (χ4n) is 0.134. The lowest BCUT2D eigenvalue weighted by Gasteiger charge is -1.77. The zero-order valence-corrected chi connectivity index (χ0v) is 6.38. The number of halogens is 1. The monoisotopic (exact) mass is 116 g/mol. The van der Waals surface area contributed by atoms with Crippen LogP contribution in [0.1, 0.15) is 19.8 Å².